The molecule has 1 aliphatic heterocycles. The maximum Gasteiger partial charge on any atom is 0.311 e. The van der Waals surface area contributed by atoms with Crippen molar-refractivity contribution in [2.45, 2.75) is 26.2 Å². The molecule has 0 spiro atoms. The van der Waals surface area contributed by atoms with E-state index in [-0.39, 0.29) is 5.91 Å². The molecule has 0 bridgehead atoms. The topological polar surface area (TPSA) is 57.6 Å². The molecule has 1 aromatic rings. The van der Waals surface area contributed by atoms with E-state index in [1.807, 2.05) is 24.4 Å². The van der Waals surface area contributed by atoms with Crippen LogP contribution in [0.4, 0.5) is 0 Å². The third kappa shape index (κ3) is 2.41. The Balaban J connectivity index is 2.00. The third-order valence-electron chi connectivity index (χ3n) is 3.74. The summed E-state index contributed by atoms with van der Waals surface area (Å²) in [5.41, 5.74) is -0.731. The number of hydrogen-bond acceptors (Lipinski definition) is 3. The van der Waals surface area contributed by atoms with E-state index in [9.17, 15) is 14.7 Å². The first kappa shape index (κ1) is 13.1. The van der Waals surface area contributed by atoms with E-state index in [1.54, 1.807) is 16.2 Å². The summed E-state index contributed by atoms with van der Waals surface area (Å²) in [6.07, 6.45) is 1.53. The van der Waals surface area contributed by atoms with Crippen molar-refractivity contribution in [3.05, 3.63) is 22.4 Å². The van der Waals surface area contributed by atoms with Crippen LogP contribution < -0.4 is 0 Å². The predicted molar refractivity (Wildman–Crippen MR) is 69.6 cm³/mol. The van der Waals surface area contributed by atoms with Gasteiger partial charge in [0, 0.05) is 18.0 Å². The van der Waals surface area contributed by atoms with E-state index in [2.05, 4.69) is 0 Å². The molecule has 1 aromatic heterocycles. The Morgan fingerprint density at radius 3 is 2.83 bits per heavy atom. The summed E-state index contributed by atoms with van der Waals surface area (Å²) < 4.78 is 0. The van der Waals surface area contributed by atoms with Crippen molar-refractivity contribution in [3.8, 4) is 0 Å². The molecule has 4 nitrogen and oxygen atoms in total. The number of amides is 1. The van der Waals surface area contributed by atoms with Gasteiger partial charge in [-0.3, -0.25) is 9.59 Å². The van der Waals surface area contributed by atoms with Gasteiger partial charge in [0.2, 0.25) is 5.91 Å². The summed E-state index contributed by atoms with van der Waals surface area (Å²) in [4.78, 5) is 26.1. The summed E-state index contributed by atoms with van der Waals surface area (Å²) in [5, 5.41) is 11.2. The molecule has 5 heteroatoms. The number of nitrogens with zero attached hydrogens (tertiary/aromatic N) is 1. The maximum absolute atomic E-state index is 12.1. The van der Waals surface area contributed by atoms with E-state index >= 15 is 0 Å². The van der Waals surface area contributed by atoms with Crippen molar-refractivity contribution in [2.24, 2.45) is 5.41 Å². The van der Waals surface area contributed by atoms with Crippen LogP contribution in [0.25, 0.3) is 0 Å². The smallest absolute Gasteiger partial charge is 0.311 e. The molecule has 1 atom stereocenters. The first-order valence-electron chi connectivity index (χ1n) is 6.11. The van der Waals surface area contributed by atoms with E-state index in [0.717, 1.165) is 4.88 Å². The number of aliphatic carboxylic acids is 1. The summed E-state index contributed by atoms with van der Waals surface area (Å²) in [7, 11) is 0. The minimum atomic E-state index is -0.781. The average Bonchev–Trinajstić information content (AvgIpc) is 2.97. The van der Waals surface area contributed by atoms with Gasteiger partial charge < -0.3 is 10.0 Å². The second-order valence-corrected chi connectivity index (χ2v) is 5.79. The number of likely N-dealkylation sites (tertiary alicyclic amines) is 1. The number of carbonyl (C=O) groups excluding carboxylic acids is 1. The Kier molecular flexibility index (Phi) is 3.71. The monoisotopic (exact) mass is 267 g/mol. The Morgan fingerprint density at radius 1 is 1.56 bits per heavy atom. The standard InChI is InChI=1S/C13H17NO3S/c1-2-13(12(16)17)5-6-14(9-13)11(15)8-10-4-3-7-18-10/h3-4,7H,2,5-6,8-9H2,1H3,(H,16,17). The highest BCUT2D eigenvalue weighted by Crippen LogP contribution is 2.34. The zero-order valence-electron chi connectivity index (χ0n) is 10.4. The van der Waals surface area contributed by atoms with Gasteiger partial charge in [-0.1, -0.05) is 13.0 Å². The van der Waals surface area contributed by atoms with Crippen molar-refractivity contribution < 1.29 is 14.7 Å². The molecule has 1 fully saturated rings. The van der Waals surface area contributed by atoms with Crippen molar-refractivity contribution in [1.29, 1.82) is 0 Å². The van der Waals surface area contributed by atoms with Crippen LogP contribution >= 0.6 is 11.3 Å². The van der Waals surface area contributed by atoms with Gasteiger partial charge in [-0.15, -0.1) is 11.3 Å². The first-order valence-corrected chi connectivity index (χ1v) is 6.99. The molecule has 2 heterocycles. The Bertz CT molecular complexity index is 443. The Morgan fingerprint density at radius 2 is 2.33 bits per heavy atom. The zero-order valence-corrected chi connectivity index (χ0v) is 11.2. The Hall–Kier alpha value is -1.36. The molecule has 0 aromatic carbocycles. The number of carboxylic acid groups (broad SMARTS) is 1. The SMILES string of the molecule is CCC1(C(=O)O)CCN(C(=O)Cc2cccs2)C1. The van der Waals surface area contributed by atoms with Crippen molar-refractivity contribution in [1.82, 2.24) is 4.90 Å². The maximum atomic E-state index is 12.1. The zero-order chi connectivity index (χ0) is 13.2. The van der Waals surface area contributed by atoms with Gasteiger partial charge in [0.1, 0.15) is 0 Å². The summed E-state index contributed by atoms with van der Waals surface area (Å²) in [6, 6.07) is 3.85. The minimum absolute atomic E-state index is 0.0361. The fourth-order valence-corrected chi connectivity index (χ4v) is 3.07. The van der Waals surface area contributed by atoms with Gasteiger partial charge in [-0.25, -0.2) is 0 Å². The average molecular weight is 267 g/mol. The van der Waals surface area contributed by atoms with Gasteiger partial charge in [0.15, 0.2) is 0 Å². The van der Waals surface area contributed by atoms with E-state index in [0.29, 0.717) is 32.4 Å². The molecule has 1 amide bonds. The van der Waals surface area contributed by atoms with E-state index in [4.69, 9.17) is 0 Å². The van der Waals surface area contributed by atoms with E-state index in [1.165, 1.54) is 0 Å². The van der Waals surface area contributed by atoms with Crippen LogP contribution in [0.1, 0.15) is 24.6 Å². The largest absolute Gasteiger partial charge is 0.481 e. The molecule has 18 heavy (non-hydrogen) atoms. The Labute approximate surface area is 110 Å². The highest BCUT2D eigenvalue weighted by Gasteiger charge is 2.44. The van der Waals surface area contributed by atoms with Crippen LogP contribution in [0.2, 0.25) is 0 Å². The summed E-state index contributed by atoms with van der Waals surface area (Å²) in [6.45, 7) is 2.79. The predicted octanol–water partition coefficient (Wildman–Crippen LogP) is 2.00. The van der Waals surface area contributed by atoms with Crippen molar-refractivity contribution in [3.63, 3.8) is 0 Å². The lowest BCUT2D eigenvalue weighted by Gasteiger charge is -2.23. The second kappa shape index (κ2) is 5.10. The van der Waals surface area contributed by atoms with Crippen LogP contribution in [0.15, 0.2) is 17.5 Å². The fraction of sp³-hybridized carbons (Fsp3) is 0.538. The molecule has 1 saturated heterocycles. The van der Waals surface area contributed by atoms with Crippen LogP contribution in [-0.4, -0.2) is 35.0 Å². The number of hydrogen-bond donors (Lipinski definition) is 1. The molecular formula is C13H17NO3S. The molecule has 0 saturated carbocycles. The summed E-state index contributed by atoms with van der Waals surface area (Å²) >= 11 is 1.56. The van der Waals surface area contributed by atoms with Crippen LogP contribution in [0, 0.1) is 5.41 Å². The number of rotatable bonds is 4. The fourth-order valence-electron chi connectivity index (χ4n) is 2.37. The number of carboxylic acids is 1. The number of carbonyl (C=O) groups is 2. The molecule has 1 unspecified atom stereocenters. The van der Waals surface area contributed by atoms with Crippen LogP contribution in [0.3, 0.4) is 0 Å². The molecule has 0 aliphatic carbocycles. The quantitative estimate of drug-likeness (QED) is 0.907. The molecule has 1 N–H and O–H groups in total. The minimum Gasteiger partial charge on any atom is -0.481 e. The van der Waals surface area contributed by atoms with Crippen LogP contribution in [0.5, 0.6) is 0 Å². The van der Waals surface area contributed by atoms with Gasteiger partial charge in [-0.2, -0.15) is 0 Å². The van der Waals surface area contributed by atoms with Gasteiger partial charge >= 0.3 is 5.97 Å². The lowest BCUT2D eigenvalue weighted by molar-refractivity contribution is -0.148. The summed E-state index contributed by atoms with van der Waals surface area (Å²) in [5.74, 6) is -0.745. The van der Waals surface area contributed by atoms with Gasteiger partial charge in [-0.05, 0) is 24.3 Å². The highest BCUT2D eigenvalue weighted by molar-refractivity contribution is 7.10. The second-order valence-electron chi connectivity index (χ2n) is 4.76. The molecule has 0 radical (unpaired) electrons. The highest BCUT2D eigenvalue weighted by atomic mass is 32.1. The molecule has 2 rings (SSSR count). The number of thiophene rings is 1. The molecule has 98 valence electrons. The lowest BCUT2D eigenvalue weighted by Crippen LogP contribution is -2.37. The van der Waals surface area contributed by atoms with Crippen molar-refractivity contribution in [2.75, 3.05) is 13.1 Å². The third-order valence-corrected chi connectivity index (χ3v) is 4.62. The lowest BCUT2D eigenvalue weighted by atomic mass is 9.84. The normalized spacial score (nSPS) is 23.3. The van der Waals surface area contributed by atoms with Gasteiger partial charge in [0.05, 0.1) is 11.8 Å². The van der Waals surface area contributed by atoms with Gasteiger partial charge in [0.25, 0.3) is 0 Å². The molecular weight excluding hydrogens is 250 g/mol. The first-order chi connectivity index (χ1) is 8.57. The molecule has 1 aliphatic rings. The van der Waals surface area contributed by atoms with E-state index < -0.39 is 11.4 Å². The van der Waals surface area contributed by atoms with Crippen LogP contribution in [-0.2, 0) is 16.0 Å². The van der Waals surface area contributed by atoms with Crippen molar-refractivity contribution >= 4 is 23.2 Å².